The number of nitriles is 1. The Balaban J connectivity index is 1.27. The number of benzene rings is 1. The highest BCUT2D eigenvalue weighted by molar-refractivity contribution is 5.62. The number of aromatic nitrogens is 3. The van der Waals surface area contributed by atoms with Gasteiger partial charge in [-0.15, -0.1) is 0 Å². The first-order chi connectivity index (χ1) is 15.0. The normalized spacial score (nSPS) is 14.6. The lowest BCUT2D eigenvalue weighted by molar-refractivity contribution is 0.250. The van der Waals surface area contributed by atoms with Crippen molar-refractivity contribution in [2.24, 2.45) is 0 Å². The molecule has 0 radical (unpaired) electrons. The van der Waals surface area contributed by atoms with E-state index in [9.17, 15) is 5.26 Å². The lowest BCUT2D eigenvalue weighted by Crippen LogP contribution is -2.47. The van der Waals surface area contributed by atoms with E-state index in [1.165, 1.54) is 5.56 Å². The first-order valence-electron chi connectivity index (χ1n) is 10.8. The zero-order valence-electron chi connectivity index (χ0n) is 18.4. The second kappa shape index (κ2) is 9.27. The quantitative estimate of drug-likeness (QED) is 0.606. The highest BCUT2D eigenvalue weighted by Crippen LogP contribution is 2.24. The molecule has 1 aliphatic heterocycles. The number of piperazine rings is 1. The summed E-state index contributed by atoms with van der Waals surface area (Å²) < 4.78 is 5.44. The van der Waals surface area contributed by atoms with Crippen LogP contribution in [0.5, 0.6) is 0 Å². The Morgan fingerprint density at radius 3 is 2.48 bits per heavy atom. The van der Waals surface area contributed by atoms with Gasteiger partial charge in [0.25, 0.3) is 0 Å². The summed E-state index contributed by atoms with van der Waals surface area (Å²) in [7, 11) is 0. The van der Waals surface area contributed by atoms with Crippen LogP contribution in [0.2, 0.25) is 0 Å². The highest BCUT2D eigenvalue weighted by atomic mass is 16.5. The Hall–Kier alpha value is -3.24. The van der Waals surface area contributed by atoms with Gasteiger partial charge in [0.15, 0.2) is 0 Å². The van der Waals surface area contributed by atoms with E-state index in [2.05, 4.69) is 50.1 Å². The first-order valence-corrected chi connectivity index (χ1v) is 10.8. The number of hydrogen-bond acceptors (Lipinski definition) is 7. The first kappa shape index (κ1) is 21.0. The average molecular weight is 417 g/mol. The van der Waals surface area contributed by atoms with E-state index in [1.807, 2.05) is 32.0 Å². The molecule has 0 spiro atoms. The fourth-order valence-electron chi connectivity index (χ4n) is 4.04. The summed E-state index contributed by atoms with van der Waals surface area (Å²) in [6.07, 6.45) is 1.76. The summed E-state index contributed by atoms with van der Waals surface area (Å²) >= 11 is 0. The van der Waals surface area contributed by atoms with Gasteiger partial charge in [0.05, 0.1) is 16.9 Å². The van der Waals surface area contributed by atoms with Crippen molar-refractivity contribution >= 4 is 5.69 Å². The molecule has 1 aromatic carbocycles. The number of hydrogen-bond donors (Lipinski definition) is 0. The number of nitrogens with zero attached hydrogens (tertiary/aromatic N) is 6. The molecule has 0 N–H and O–H groups in total. The molecule has 0 amide bonds. The molecule has 0 unspecified atom stereocenters. The van der Waals surface area contributed by atoms with Crippen LogP contribution in [0.4, 0.5) is 5.69 Å². The fourth-order valence-corrected chi connectivity index (χ4v) is 4.04. The van der Waals surface area contributed by atoms with Crippen molar-refractivity contribution in [1.29, 1.82) is 5.26 Å². The fraction of sp³-hybridized carbons (Fsp3) is 0.417. The minimum Gasteiger partial charge on any atom is -0.368 e. The van der Waals surface area contributed by atoms with Crippen molar-refractivity contribution in [3.63, 3.8) is 0 Å². The Morgan fingerprint density at radius 2 is 1.77 bits per heavy atom. The molecule has 1 fully saturated rings. The molecule has 1 aliphatic rings. The van der Waals surface area contributed by atoms with E-state index < -0.39 is 0 Å². The van der Waals surface area contributed by atoms with Gasteiger partial charge in [-0.2, -0.15) is 10.2 Å². The number of aryl methyl sites for hydroxylation is 4. The molecule has 7 nitrogen and oxygen atoms in total. The van der Waals surface area contributed by atoms with Crippen LogP contribution in [-0.4, -0.2) is 52.7 Å². The molecule has 31 heavy (non-hydrogen) atoms. The lowest BCUT2D eigenvalue weighted by atomic mass is 10.1. The van der Waals surface area contributed by atoms with E-state index in [0.29, 0.717) is 17.3 Å². The summed E-state index contributed by atoms with van der Waals surface area (Å²) in [5.41, 5.74) is 5.67. The highest BCUT2D eigenvalue weighted by Gasteiger charge is 2.21. The molecule has 0 bridgehead atoms. The van der Waals surface area contributed by atoms with E-state index in [4.69, 9.17) is 4.52 Å². The maximum Gasteiger partial charge on any atom is 0.227 e. The van der Waals surface area contributed by atoms with Crippen molar-refractivity contribution < 1.29 is 4.52 Å². The Morgan fingerprint density at radius 1 is 1.03 bits per heavy atom. The molecule has 0 atom stereocenters. The van der Waals surface area contributed by atoms with Gasteiger partial charge in [-0.05, 0) is 39.8 Å². The van der Waals surface area contributed by atoms with Crippen molar-refractivity contribution in [3.8, 4) is 17.5 Å². The maximum atomic E-state index is 9.54. The van der Waals surface area contributed by atoms with Crippen LogP contribution in [0.15, 0.2) is 34.9 Å². The van der Waals surface area contributed by atoms with Crippen molar-refractivity contribution in [1.82, 2.24) is 20.0 Å². The minimum absolute atomic E-state index is 0.653. The summed E-state index contributed by atoms with van der Waals surface area (Å²) in [6, 6.07) is 12.5. The van der Waals surface area contributed by atoms with Gasteiger partial charge in [0.1, 0.15) is 6.07 Å². The minimum atomic E-state index is 0.653. The Kier molecular flexibility index (Phi) is 6.28. The molecule has 160 valence electrons. The van der Waals surface area contributed by atoms with Gasteiger partial charge in [0.2, 0.25) is 11.7 Å². The van der Waals surface area contributed by atoms with E-state index >= 15 is 0 Å². The summed E-state index contributed by atoms with van der Waals surface area (Å²) in [5.74, 6) is 1.34. The molecule has 4 rings (SSSR count). The molecule has 1 saturated heterocycles. The molecule has 0 aliphatic carbocycles. The number of rotatable bonds is 6. The second-order valence-electron chi connectivity index (χ2n) is 8.16. The predicted molar refractivity (Wildman–Crippen MR) is 120 cm³/mol. The molecule has 3 aromatic rings. The molecule has 3 heterocycles. The summed E-state index contributed by atoms with van der Waals surface area (Å²) in [5, 5.41) is 13.7. The Bertz CT molecular complexity index is 1070. The van der Waals surface area contributed by atoms with Crippen LogP contribution < -0.4 is 4.90 Å². The molecule has 2 aromatic heterocycles. The van der Waals surface area contributed by atoms with Crippen LogP contribution in [0.1, 0.15) is 34.8 Å². The van der Waals surface area contributed by atoms with E-state index in [0.717, 1.165) is 68.2 Å². The Labute approximate surface area is 183 Å². The van der Waals surface area contributed by atoms with Crippen LogP contribution in [0, 0.1) is 32.1 Å². The maximum absolute atomic E-state index is 9.54. The van der Waals surface area contributed by atoms with Gasteiger partial charge in [-0.25, -0.2) is 0 Å². The molecule has 0 saturated carbocycles. The summed E-state index contributed by atoms with van der Waals surface area (Å²) in [6.45, 7) is 10.7. The smallest absolute Gasteiger partial charge is 0.227 e. The van der Waals surface area contributed by atoms with Crippen LogP contribution in [0.25, 0.3) is 11.4 Å². The number of anilines is 1. The predicted octanol–water partition coefficient (Wildman–Crippen LogP) is 3.68. The number of pyridine rings is 1. The van der Waals surface area contributed by atoms with Gasteiger partial charge in [-0.1, -0.05) is 35.0 Å². The third-order valence-corrected chi connectivity index (χ3v) is 5.78. The van der Waals surface area contributed by atoms with E-state index in [1.54, 1.807) is 0 Å². The monoisotopic (exact) mass is 416 g/mol. The van der Waals surface area contributed by atoms with E-state index in [-0.39, 0.29) is 0 Å². The second-order valence-corrected chi connectivity index (χ2v) is 8.16. The van der Waals surface area contributed by atoms with Gasteiger partial charge < -0.3 is 9.42 Å². The third-order valence-electron chi connectivity index (χ3n) is 5.78. The third kappa shape index (κ3) is 4.92. The van der Waals surface area contributed by atoms with Gasteiger partial charge in [-0.3, -0.25) is 9.88 Å². The zero-order valence-corrected chi connectivity index (χ0v) is 18.4. The average Bonchev–Trinajstić information content (AvgIpc) is 3.23. The molecular weight excluding hydrogens is 388 g/mol. The van der Waals surface area contributed by atoms with Crippen LogP contribution in [-0.2, 0) is 6.42 Å². The van der Waals surface area contributed by atoms with Gasteiger partial charge >= 0.3 is 0 Å². The summed E-state index contributed by atoms with van der Waals surface area (Å²) in [4.78, 5) is 13.7. The van der Waals surface area contributed by atoms with Crippen molar-refractivity contribution in [2.45, 2.75) is 33.6 Å². The topological polar surface area (TPSA) is 82.1 Å². The SMILES string of the molecule is Cc1ccc(-c2noc(CCCN3CCN(c4cc(C)nc(C)c4C#N)CC3)n2)cc1. The lowest BCUT2D eigenvalue weighted by Gasteiger charge is -2.36. The van der Waals surface area contributed by atoms with Crippen LogP contribution >= 0.6 is 0 Å². The zero-order chi connectivity index (χ0) is 21.8. The standard InChI is InChI=1S/C24H28N6O/c1-17-6-8-20(9-7-17)24-27-23(31-28-24)5-4-10-29-11-13-30(14-12-29)22-15-18(2)26-19(3)21(22)16-25/h6-9,15H,4-5,10-14H2,1-3H3. The van der Waals surface area contributed by atoms with Crippen LogP contribution in [0.3, 0.4) is 0 Å². The largest absolute Gasteiger partial charge is 0.368 e. The van der Waals surface area contributed by atoms with Crippen molar-refractivity contribution in [2.75, 3.05) is 37.6 Å². The molecular formula is C24H28N6O. The van der Waals surface area contributed by atoms with Crippen molar-refractivity contribution in [3.05, 3.63) is 58.7 Å². The molecule has 7 heteroatoms. The van der Waals surface area contributed by atoms with Gasteiger partial charge in [0, 0.05) is 43.9 Å².